The second kappa shape index (κ2) is 5.60. The Labute approximate surface area is 114 Å². The number of hydrogen-bond acceptors (Lipinski definition) is 2. The smallest absolute Gasteiger partial charge is 0.0409 e. The Hall–Kier alpha value is -0.570. The SMILES string of the molecule is Clc1cccc(CN2CCC(CNC3CC3)C2)c1. The Bertz CT molecular complexity index is 403. The van der Waals surface area contributed by atoms with E-state index in [-0.39, 0.29) is 0 Å². The van der Waals surface area contributed by atoms with Crippen LogP contribution in [0.25, 0.3) is 0 Å². The van der Waals surface area contributed by atoms with Crippen molar-refractivity contribution in [2.24, 2.45) is 5.92 Å². The maximum atomic E-state index is 6.02. The second-order valence-corrected chi connectivity index (χ2v) is 6.14. The van der Waals surface area contributed by atoms with Gasteiger partial charge in [-0.05, 0) is 56.0 Å². The fourth-order valence-corrected chi connectivity index (χ4v) is 2.95. The molecular formula is C15H21ClN2. The van der Waals surface area contributed by atoms with Gasteiger partial charge in [0.25, 0.3) is 0 Å². The van der Waals surface area contributed by atoms with E-state index in [0.29, 0.717) is 0 Å². The van der Waals surface area contributed by atoms with E-state index >= 15 is 0 Å². The summed E-state index contributed by atoms with van der Waals surface area (Å²) in [5, 5.41) is 4.49. The van der Waals surface area contributed by atoms with Gasteiger partial charge in [0.05, 0.1) is 0 Å². The predicted octanol–water partition coefficient (Wildman–Crippen LogP) is 2.91. The Morgan fingerprint density at radius 3 is 2.94 bits per heavy atom. The maximum absolute atomic E-state index is 6.02. The minimum Gasteiger partial charge on any atom is -0.314 e. The number of nitrogens with one attached hydrogen (secondary N) is 1. The Kier molecular flexibility index (Phi) is 3.88. The number of hydrogen-bond donors (Lipinski definition) is 1. The molecule has 2 nitrogen and oxygen atoms in total. The van der Waals surface area contributed by atoms with Gasteiger partial charge >= 0.3 is 0 Å². The van der Waals surface area contributed by atoms with E-state index in [1.54, 1.807) is 0 Å². The first-order valence-electron chi connectivity index (χ1n) is 7.00. The van der Waals surface area contributed by atoms with Gasteiger partial charge in [0.1, 0.15) is 0 Å². The molecule has 0 spiro atoms. The molecule has 0 radical (unpaired) electrons. The molecule has 2 aliphatic rings. The zero-order valence-electron chi connectivity index (χ0n) is 10.7. The number of rotatable bonds is 5. The van der Waals surface area contributed by atoms with Crippen LogP contribution in [0.15, 0.2) is 24.3 Å². The van der Waals surface area contributed by atoms with Crippen molar-refractivity contribution in [2.45, 2.75) is 31.8 Å². The highest BCUT2D eigenvalue weighted by atomic mass is 35.5. The molecule has 1 aromatic rings. The monoisotopic (exact) mass is 264 g/mol. The number of nitrogens with zero attached hydrogens (tertiary/aromatic N) is 1. The first-order valence-corrected chi connectivity index (χ1v) is 7.37. The average molecular weight is 265 g/mol. The van der Waals surface area contributed by atoms with E-state index in [1.165, 1.54) is 44.5 Å². The zero-order chi connectivity index (χ0) is 12.4. The van der Waals surface area contributed by atoms with E-state index in [4.69, 9.17) is 11.6 Å². The molecule has 1 unspecified atom stereocenters. The summed E-state index contributed by atoms with van der Waals surface area (Å²) in [6.07, 6.45) is 4.11. The number of likely N-dealkylation sites (tertiary alicyclic amines) is 1. The lowest BCUT2D eigenvalue weighted by Gasteiger charge is -2.16. The molecule has 2 fully saturated rings. The molecule has 1 atom stereocenters. The lowest BCUT2D eigenvalue weighted by Crippen LogP contribution is -2.27. The summed E-state index contributed by atoms with van der Waals surface area (Å²) in [6, 6.07) is 9.07. The van der Waals surface area contributed by atoms with Crippen LogP contribution in [0, 0.1) is 5.92 Å². The van der Waals surface area contributed by atoms with Crippen molar-refractivity contribution in [3.63, 3.8) is 0 Å². The molecule has 98 valence electrons. The van der Waals surface area contributed by atoms with E-state index in [0.717, 1.165) is 23.5 Å². The normalized spacial score (nSPS) is 24.6. The van der Waals surface area contributed by atoms with Gasteiger partial charge in [-0.2, -0.15) is 0 Å². The lowest BCUT2D eigenvalue weighted by atomic mass is 10.1. The summed E-state index contributed by atoms with van der Waals surface area (Å²) < 4.78 is 0. The van der Waals surface area contributed by atoms with Gasteiger partial charge in [-0.15, -0.1) is 0 Å². The van der Waals surface area contributed by atoms with Crippen LogP contribution < -0.4 is 5.32 Å². The quantitative estimate of drug-likeness (QED) is 0.880. The highest BCUT2D eigenvalue weighted by Crippen LogP contribution is 2.22. The summed E-state index contributed by atoms with van der Waals surface area (Å²) >= 11 is 6.02. The highest BCUT2D eigenvalue weighted by Gasteiger charge is 2.26. The standard InChI is InChI=1S/C15H21ClN2/c16-14-3-1-2-12(8-14)10-18-7-6-13(11-18)9-17-15-4-5-15/h1-3,8,13,15,17H,4-7,9-11H2. The first kappa shape index (κ1) is 12.5. The van der Waals surface area contributed by atoms with Gasteiger partial charge < -0.3 is 5.32 Å². The molecule has 3 rings (SSSR count). The Morgan fingerprint density at radius 2 is 2.17 bits per heavy atom. The van der Waals surface area contributed by atoms with Crippen LogP contribution in [0.1, 0.15) is 24.8 Å². The molecule has 1 N–H and O–H groups in total. The van der Waals surface area contributed by atoms with Crippen LogP contribution in [-0.4, -0.2) is 30.6 Å². The van der Waals surface area contributed by atoms with Crippen LogP contribution in [0.4, 0.5) is 0 Å². The van der Waals surface area contributed by atoms with Gasteiger partial charge in [-0.3, -0.25) is 4.90 Å². The molecule has 1 aliphatic carbocycles. The third-order valence-corrected chi connectivity index (χ3v) is 4.17. The van der Waals surface area contributed by atoms with Crippen molar-refractivity contribution in [1.29, 1.82) is 0 Å². The van der Waals surface area contributed by atoms with Crippen LogP contribution in [0.2, 0.25) is 5.02 Å². The molecule has 3 heteroatoms. The molecule has 1 aromatic carbocycles. The number of benzene rings is 1. The van der Waals surface area contributed by atoms with Crippen molar-refractivity contribution in [2.75, 3.05) is 19.6 Å². The largest absolute Gasteiger partial charge is 0.314 e. The van der Waals surface area contributed by atoms with Crippen molar-refractivity contribution >= 4 is 11.6 Å². The van der Waals surface area contributed by atoms with Crippen molar-refractivity contribution in [1.82, 2.24) is 10.2 Å². The van der Waals surface area contributed by atoms with Gasteiger partial charge in [0.15, 0.2) is 0 Å². The first-order chi connectivity index (χ1) is 8.79. The van der Waals surface area contributed by atoms with Gasteiger partial charge in [0.2, 0.25) is 0 Å². The zero-order valence-corrected chi connectivity index (χ0v) is 11.5. The van der Waals surface area contributed by atoms with Gasteiger partial charge in [-0.1, -0.05) is 23.7 Å². The van der Waals surface area contributed by atoms with E-state index in [1.807, 2.05) is 12.1 Å². The lowest BCUT2D eigenvalue weighted by molar-refractivity contribution is 0.314. The molecule has 0 bridgehead atoms. The molecular weight excluding hydrogens is 244 g/mol. The molecule has 0 amide bonds. The fraction of sp³-hybridized carbons (Fsp3) is 0.600. The summed E-state index contributed by atoms with van der Waals surface area (Å²) in [7, 11) is 0. The van der Waals surface area contributed by atoms with E-state index in [2.05, 4.69) is 22.3 Å². The summed E-state index contributed by atoms with van der Waals surface area (Å²) in [4.78, 5) is 2.55. The molecule has 1 aliphatic heterocycles. The minimum atomic E-state index is 0.838. The molecule has 0 aromatic heterocycles. The van der Waals surface area contributed by atoms with E-state index in [9.17, 15) is 0 Å². The molecule has 18 heavy (non-hydrogen) atoms. The summed E-state index contributed by atoms with van der Waals surface area (Å²) in [6.45, 7) is 4.70. The van der Waals surface area contributed by atoms with E-state index < -0.39 is 0 Å². The Balaban J connectivity index is 1.46. The van der Waals surface area contributed by atoms with Crippen molar-refractivity contribution in [3.8, 4) is 0 Å². The van der Waals surface area contributed by atoms with Crippen molar-refractivity contribution in [3.05, 3.63) is 34.9 Å². The fourth-order valence-electron chi connectivity index (χ4n) is 2.74. The number of halogens is 1. The minimum absolute atomic E-state index is 0.838. The summed E-state index contributed by atoms with van der Waals surface area (Å²) in [5.41, 5.74) is 1.33. The third-order valence-electron chi connectivity index (χ3n) is 3.94. The third kappa shape index (κ3) is 3.47. The Morgan fingerprint density at radius 1 is 1.28 bits per heavy atom. The maximum Gasteiger partial charge on any atom is 0.0409 e. The second-order valence-electron chi connectivity index (χ2n) is 5.70. The topological polar surface area (TPSA) is 15.3 Å². The summed E-state index contributed by atoms with van der Waals surface area (Å²) in [5.74, 6) is 0.838. The molecule has 1 saturated heterocycles. The molecule has 1 saturated carbocycles. The van der Waals surface area contributed by atoms with Crippen LogP contribution >= 0.6 is 11.6 Å². The molecule has 1 heterocycles. The van der Waals surface area contributed by atoms with Gasteiger partial charge in [0, 0.05) is 24.2 Å². The van der Waals surface area contributed by atoms with Gasteiger partial charge in [-0.25, -0.2) is 0 Å². The highest BCUT2D eigenvalue weighted by molar-refractivity contribution is 6.30. The predicted molar refractivity (Wildman–Crippen MR) is 75.9 cm³/mol. The average Bonchev–Trinajstić information content (AvgIpc) is 3.08. The van der Waals surface area contributed by atoms with Crippen LogP contribution in [-0.2, 0) is 6.54 Å². The van der Waals surface area contributed by atoms with Crippen LogP contribution in [0.3, 0.4) is 0 Å². The van der Waals surface area contributed by atoms with Crippen molar-refractivity contribution < 1.29 is 0 Å². The van der Waals surface area contributed by atoms with Crippen LogP contribution in [0.5, 0.6) is 0 Å².